The molecule has 2 aromatic rings. The van der Waals surface area contributed by atoms with Crippen LogP contribution in [0.3, 0.4) is 0 Å². The van der Waals surface area contributed by atoms with E-state index in [4.69, 9.17) is 17.4 Å². The summed E-state index contributed by atoms with van der Waals surface area (Å²) in [7, 11) is 0. The standard InChI is InChI=1S/C14H15ClN4O/c1-9(12-4-2-3-7-17-12)18-14(20)11-8-10(15)5-6-13(11)19-16/h2-9,19H,16H2,1H3,(H,18,20). The maximum Gasteiger partial charge on any atom is 0.254 e. The zero-order valence-electron chi connectivity index (χ0n) is 10.9. The number of halogens is 1. The second kappa shape index (κ2) is 6.36. The van der Waals surface area contributed by atoms with Crippen molar-refractivity contribution in [3.05, 3.63) is 58.9 Å². The molecule has 0 aliphatic heterocycles. The van der Waals surface area contributed by atoms with Gasteiger partial charge in [-0.25, -0.2) is 0 Å². The number of benzene rings is 1. The van der Waals surface area contributed by atoms with Gasteiger partial charge < -0.3 is 10.7 Å². The molecule has 0 aliphatic rings. The molecule has 5 nitrogen and oxygen atoms in total. The van der Waals surface area contributed by atoms with Gasteiger partial charge in [0, 0.05) is 11.2 Å². The van der Waals surface area contributed by atoms with Crippen LogP contribution in [0.5, 0.6) is 0 Å². The number of hydrazine groups is 1. The summed E-state index contributed by atoms with van der Waals surface area (Å²) < 4.78 is 0. The van der Waals surface area contributed by atoms with E-state index in [0.717, 1.165) is 5.69 Å². The van der Waals surface area contributed by atoms with Crippen LogP contribution < -0.4 is 16.6 Å². The van der Waals surface area contributed by atoms with Gasteiger partial charge in [-0.1, -0.05) is 17.7 Å². The third-order valence-corrected chi connectivity index (χ3v) is 3.10. The first-order chi connectivity index (χ1) is 9.61. The number of carbonyl (C=O) groups is 1. The number of nitrogens with two attached hydrogens (primary N) is 1. The minimum atomic E-state index is -0.265. The van der Waals surface area contributed by atoms with Crippen LogP contribution in [0, 0.1) is 0 Å². The Balaban J connectivity index is 2.18. The average Bonchev–Trinajstić information content (AvgIpc) is 2.48. The van der Waals surface area contributed by atoms with Gasteiger partial charge in [0.05, 0.1) is 23.0 Å². The highest BCUT2D eigenvalue weighted by atomic mass is 35.5. The van der Waals surface area contributed by atoms with E-state index >= 15 is 0 Å². The lowest BCUT2D eigenvalue weighted by Gasteiger charge is -2.15. The number of amides is 1. The minimum Gasteiger partial charge on any atom is -0.344 e. The van der Waals surface area contributed by atoms with Crippen LogP contribution in [0.1, 0.15) is 29.0 Å². The molecular formula is C14H15ClN4O. The van der Waals surface area contributed by atoms with Gasteiger partial charge >= 0.3 is 0 Å². The number of nitrogens with zero attached hydrogens (tertiary/aromatic N) is 1. The molecule has 104 valence electrons. The van der Waals surface area contributed by atoms with Crippen molar-refractivity contribution < 1.29 is 4.79 Å². The number of aromatic nitrogens is 1. The highest BCUT2D eigenvalue weighted by molar-refractivity contribution is 6.31. The van der Waals surface area contributed by atoms with Crippen LogP contribution in [0.2, 0.25) is 5.02 Å². The van der Waals surface area contributed by atoms with Gasteiger partial charge in [-0.3, -0.25) is 15.6 Å². The summed E-state index contributed by atoms with van der Waals surface area (Å²) in [5.74, 6) is 5.13. The molecule has 6 heteroatoms. The number of rotatable bonds is 4. The number of nitrogens with one attached hydrogen (secondary N) is 2. The third-order valence-electron chi connectivity index (χ3n) is 2.86. The molecule has 1 amide bonds. The molecule has 2 rings (SSSR count). The monoisotopic (exact) mass is 290 g/mol. The first-order valence-electron chi connectivity index (χ1n) is 6.09. The van der Waals surface area contributed by atoms with Crippen LogP contribution in [0.25, 0.3) is 0 Å². The molecule has 1 atom stereocenters. The van der Waals surface area contributed by atoms with E-state index in [2.05, 4.69) is 15.7 Å². The predicted molar refractivity (Wildman–Crippen MR) is 79.4 cm³/mol. The predicted octanol–water partition coefficient (Wildman–Crippen LogP) is 2.51. The van der Waals surface area contributed by atoms with Gasteiger partial charge in [0.25, 0.3) is 5.91 Å². The van der Waals surface area contributed by atoms with Crippen molar-refractivity contribution in [2.45, 2.75) is 13.0 Å². The highest BCUT2D eigenvalue weighted by Crippen LogP contribution is 2.20. The number of anilines is 1. The van der Waals surface area contributed by atoms with Crippen LogP contribution in [-0.4, -0.2) is 10.9 Å². The number of hydrogen-bond acceptors (Lipinski definition) is 4. The summed E-state index contributed by atoms with van der Waals surface area (Å²) in [5, 5.41) is 3.33. The van der Waals surface area contributed by atoms with Crippen LogP contribution in [0.4, 0.5) is 5.69 Å². The normalized spacial score (nSPS) is 11.8. The molecular weight excluding hydrogens is 276 g/mol. The number of hydrogen-bond donors (Lipinski definition) is 3. The van der Waals surface area contributed by atoms with E-state index in [0.29, 0.717) is 16.3 Å². The molecule has 0 spiro atoms. The Hall–Kier alpha value is -2.11. The van der Waals surface area contributed by atoms with Crippen molar-refractivity contribution in [3.8, 4) is 0 Å². The fourth-order valence-corrected chi connectivity index (χ4v) is 1.98. The molecule has 20 heavy (non-hydrogen) atoms. The second-order valence-electron chi connectivity index (χ2n) is 4.28. The number of carbonyl (C=O) groups excluding carboxylic acids is 1. The Morgan fingerprint density at radius 1 is 1.35 bits per heavy atom. The van der Waals surface area contributed by atoms with Gasteiger partial charge in [-0.05, 0) is 37.3 Å². The summed E-state index contributed by atoms with van der Waals surface area (Å²) >= 11 is 5.91. The zero-order chi connectivity index (χ0) is 14.5. The molecule has 1 aromatic carbocycles. The van der Waals surface area contributed by atoms with E-state index in [1.807, 2.05) is 25.1 Å². The molecule has 0 saturated carbocycles. The topological polar surface area (TPSA) is 80.0 Å². The van der Waals surface area contributed by atoms with Crippen LogP contribution >= 0.6 is 11.6 Å². The molecule has 1 heterocycles. The minimum absolute atomic E-state index is 0.215. The first kappa shape index (κ1) is 14.3. The van der Waals surface area contributed by atoms with Crippen molar-refractivity contribution in [2.75, 3.05) is 5.43 Å². The Morgan fingerprint density at radius 3 is 2.80 bits per heavy atom. The lowest BCUT2D eigenvalue weighted by molar-refractivity contribution is 0.0940. The lowest BCUT2D eigenvalue weighted by atomic mass is 10.1. The Labute approximate surface area is 122 Å². The first-order valence-corrected chi connectivity index (χ1v) is 6.47. The van der Waals surface area contributed by atoms with Crippen molar-refractivity contribution >= 4 is 23.2 Å². The van der Waals surface area contributed by atoms with Crippen LogP contribution in [0.15, 0.2) is 42.6 Å². The highest BCUT2D eigenvalue weighted by Gasteiger charge is 2.15. The van der Waals surface area contributed by atoms with Crippen molar-refractivity contribution in [2.24, 2.45) is 5.84 Å². The van der Waals surface area contributed by atoms with E-state index in [-0.39, 0.29) is 11.9 Å². The van der Waals surface area contributed by atoms with E-state index in [9.17, 15) is 4.79 Å². The molecule has 0 bridgehead atoms. The lowest BCUT2D eigenvalue weighted by Crippen LogP contribution is -2.28. The zero-order valence-corrected chi connectivity index (χ0v) is 11.7. The summed E-state index contributed by atoms with van der Waals surface area (Å²) in [6.07, 6.45) is 1.68. The van der Waals surface area contributed by atoms with Gasteiger partial charge in [0.2, 0.25) is 0 Å². The maximum absolute atomic E-state index is 12.3. The fraction of sp³-hybridized carbons (Fsp3) is 0.143. The van der Waals surface area contributed by atoms with Gasteiger partial charge in [0.15, 0.2) is 0 Å². The quantitative estimate of drug-likeness (QED) is 0.597. The Bertz CT molecular complexity index is 603. The number of pyridine rings is 1. The average molecular weight is 291 g/mol. The fourth-order valence-electron chi connectivity index (χ4n) is 1.81. The van der Waals surface area contributed by atoms with Gasteiger partial charge in [-0.15, -0.1) is 0 Å². The Morgan fingerprint density at radius 2 is 2.15 bits per heavy atom. The smallest absolute Gasteiger partial charge is 0.254 e. The summed E-state index contributed by atoms with van der Waals surface area (Å²) in [6.45, 7) is 1.86. The summed E-state index contributed by atoms with van der Waals surface area (Å²) in [6, 6.07) is 10.2. The van der Waals surface area contributed by atoms with E-state index in [1.54, 1.807) is 24.4 Å². The summed E-state index contributed by atoms with van der Waals surface area (Å²) in [4.78, 5) is 16.5. The molecule has 0 radical (unpaired) electrons. The van der Waals surface area contributed by atoms with Crippen molar-refractivity contribution in [1.29, 1.82) is 0 Å². The van der Waals surface area contributed by atoms with Gasteiger partial charge in [-0.2, -0.15) is 0 Å². The SMILES string of the molecule is CC(NC(=O)c1cc(Cl)ccc1NN)c1ccccn1. The maximum atomic E-state index is 12.3. The van der Waals surface area contributed by atoms with Gasteiger partial charge in [0.1, 0.15) is 0 Å². The molecule has 4 N–H and O–H groups in total. The summed E-state index contributed by atoms with van der Waals surface area (Å²) in [5.41, 5.74) is 4.17. The molecule has 0 fully saturated rings. The molecule has 0 saturated heterocycles. The van der Waals surface area contributed by atoms with E-state index in [1.165, 1.54) is 0 Å². The molecule has 0 aliphatic carbocycles. The number of nitrogen functional groups attached to an aromatic ring is 1. The van der Waals surface area contributed by atoms with Crippen molar-refractivity contribution in [3.63, 3.8) is 0 Å². The molecule has 1 unspecified atom stereocenters. The van der Waals surface area contributed by atoms with Crippen molar-refractivity contribution in [1.82, 2.24) is 10.3 Å². The Kier molecular flexibility index (Phi) is 4.55. The largest absolute Gasteiger partial charge is 0.344 e. The van der Waals surface area contributed by atoms with Crippen LogP contribution in [-0.2, 0) is 0 Å². The van der Waals surface area contributed by atoms with E-state index < -0.39 is 0 Å². The second-order valence-corrected chi connectivity index (χ2v) is 4.72. The third kappa shape index (κ3) is 3.26. The molecule has 1 aromatic heterocycles.